The van der Waals surface area contributed by atoms with Gasteiger partial charge in [-0.2, -0.15) is 0 Å². The summed E-state index contributed by atoms with van der Waals surface area (Å²) in [6.07, 6.45) is 1.80. The van der Waals surface area contributed by atoms with E-state index in [0.29, 0.717) is 11.8 Å². The van der Waals surface area contributed by atoms with Crippen LogP contribution < -0.4 is 4.90 Å². The Bertz CT molecular complexity index is 417. The van der Waals surface area contributed by atoms with Crippen LogP contribution in [0.4, 0.5) is 5.69 Å². The third kappa shape index (κ3) is 2.87. The van der Waals surface area contributed by atoms with E-state index in [1.165, 1.54) is 0 Å². The number of carbonyl (C=O) groups excluding carboxylic acids is 1. The van der Waals surface area contributed by atoms with Crippen LogP contribution in [0.1, 0.15) is 44.0 Å². The van der Waals surface area contributed by atoms with Gasteiger partial charge in [0.1, 0.15) is 0 Å². The summed E-state index contributed by atoms with van der Waals surface area (Å²) in [5.41, 5.74) is 2.36. The SMILES string of the molecule is CC(C)(C)CCN1CCC(=O)c2ccccc21. The fourth-order valence-electron chi connectivity index (χ4n) is 2.18. The highest BCUT2D eigenvalue weighted by Gasteiger charge is 2.23. The summed E-state index contributed by atoms with van der Waals surface area (Å²) < 4.78 is 0. The molecule has 1 aromatic carbocycles. The molecule has 2 nitrogen and oxygen atoms in total. The molecule has 0 unspecified atom stereocenters. The summed E-state index contributed by atoms with van der Waals surface area (Å²) in [4.78, 5) is 14.2. The highest BCUT2D eigenvalue weighted by molar-refractivity contribution is 6.03. The molecule has 1 aliphatic rings. The molecular weight excluding hydrogens is 210 g/mol. The number of fused-ring (bicyclic) bond motifs is 1. The molecule has 0 spiro atoms. The molecule has 0 saturated carbocycles. The first-order valence-electron chi connectivity index (χ1n) is 6.34. The quantitative estimate of drug-likeness (QED) is 0.776. The minimum atomic E-state index is 0.285. The maximum Gasteiger partial charge on any atom is 0.166 e. The van der Waals surface area contributed by atoms with Crippen molar-refractivity contribution >= 4 is 11.5 Å². The molecule has 0 fully saturated rings. The van der Waals surface area contributed by atoms with Crippen LogP contribution in [0, 0.1) is 5.41 Å². The Morgan fingerprint density at radius 3 is 2.65 bits per heavy atom. The van der Waals surface area contributed by atoms with Crippen molar-refractivity contribution in [2.75, 3.05) is 18.0 Å². The van der Waals surface area contributed by atoms with Gasteiger partial charge in [-0.05, 0) is 24.0 Å². The summed E-state index contributed by atoms with van der Waals surface area (Å²) in [6.45, 7) is 8.68. The second kappa shape index (κ2) is 4.52. The van der Waals surface area contributed by atoms with E-state index >= 15 is 0 Å². The van der Waals surface area contributed by atoms with Crippen LogP contribution in [-0.4, -0.2) is 18.9 Å². The van der Waals surface area contributed by atoms with E-state index in [2.05, 4.69) is 31.7 Å². The Kier molecular flexibility index (Phi) is 3.23. The van der Waals surface area contributed by atoms with Crippen LogP contribution in [0.15, 0.2) is 24.3 Å². The number of rotatable bonds is 2. The first kappa shape index (κ1) is 12.2. The number of hydrogen-bond donors (Lipinski definition) is 0. The van der Waals surface area contributed by atoms with Gasteiger partial charge < -0.3 is 4.90 Å². The van der Waals surface area contributed by atoms with Gasteiger partial charge in [-0.3, -0.25) is 4.79 Å². The Morgan fingerprint density at radius 2 is 1.94 bits per heavy atom. The predicted molar refractivity (Wildman–Crippen MR) is 71.7 cm³/mol. The van der Waals surface area contributed by atoms with Crippen LogP contribution in [0.25, 0.3) is 0 Å². The number of anilines is 1. The monoisotopic (exact) mass is 231 g/mol. The Balaban J connectivity index is 2.16. The highest BCUT2D eigenvalue weighted by atomic mass is 16.1. The summed E-state index contributed by atoms with van der Waals surface area (Å²) in [5, 5.41) is 0. The van der Waals surface area contributed by atoms with Crippen LogP contribution in [-0.2, 0) is 0 Å². The fraction of sp³-hybridized carbons (Fsp3) is 0.533. The molecule has 2 rings (SSSR count). The molecule has 0 aliphatic carbocycles. The van der Waals surface area contributed by atoms with Crippen molar-refractivity contribution < 1.29 is 4.79 Å². The van der Waals surface area contributed by atoms with Gasteiger partial charge in [0.2, 0.25) is 0 Å². The van der Waals surface area contributed by atoms with Crippen molar-refractivity contribution in [1.82, 2.24) is 0 Å². The number of nitrogens with zero attached hydrogens (tertiary/aromatic N) is 1. The minimum absolute atomic E-state index is 0.285. The normalized spacial score (nSPS) is 15.9. The lowest BCUT2D eigenvalue weighted by Gasteiger charge is -2.32. The van der Waals surface area contributed by atoms with E-state index in [-0.39, 0.29) is 5.78 Å². The third-order valence-corrected chi connectivity index (χ3v) is 3.29. The van der Waals surface area contributed by atoms with Gasteiger partial charge in [0.25, 0.3) is 0 Å². The molecule has 17 heavy (non-hydrogen) atoms. The Morgan fingerprint density at radius 1 is 1.24 bits per heavy atom. The van der Waals surface area contributed by atoms with Gasteiger partial charge in [-0.15, -0.1) is 0 Å². The number of ketones is 1. The van der Waals surface area contributed by atoms with Crippen LogP contribution in [0.5, 0.6) is 0 Å². The molecular formula is C15H21NO. The van der Waals surface area contributed by atoms with Crippen molar-refractivity contribution in [2.24, 2.45) is 5.41 Å². The second-order valence-corrected chi connectivity index (χ2v) is 5.99. The van der Waals surface area contributed by atoms with E-state index in [9.17, 15) is 4.79 Å². The standard InChI is InChI=1S/C15H21NO/c1-15(2,3)9-11-16-10-8-14(17)12-6-4-5-7-13(12)16/h4-7H,8-11H2,1-3H3. The van der Waals surface area contributed by atoms with Gasteiger partial charge in [0.15, 0.2) is 5.78 Å². The van der Waals surface area contributed by atoms with Crippen LogP contribution in [0.2, 0.25) is 0 Å². The topological polar surface area (TPSA) is 20.3 Å². The smallest absolute Gasteiger partial charge is 0.166 e. The molecule has 0 amide bonds. The molecule has 1 heterocycles. The van der Waals surface area contributed by atoms with E-state index in [0.717, 1.165) is 30.8 Å². The zero-order valence-electron chi connectivity index (χ0n) is 11.0. The molecule has 0 bridgehead atoms. The average molecular weight is 231 g/mol. The fourth-order valence-corrected chi connectivity index (χ4v) is 2.18. The van der Waals surface area contributed by atoms with Crippen molar-refractivity contribution in [3.63, 3.8) is 0 Å². The lowest BCUT2D eigenvalue weighted by molar-refractivity contribution is 0.0979. The first-order valence-corrected chi connectivity index (χ1v) is 6.34. The van der Waals surface area contributed by atoms with Crippen LogP contribution in [0.3, 0.4) is 0 Å². The zero-order valence-corrected chi connectivity index (χ0v) is 11.0. The first-order chi connectivity index (χ1) is 7.97. The largest absolute Gasteiger partial charge is 0.370 e. The number of carbonyl (C=O) groups is 1. The molecule has 0 radical (unpaired) electrons. The number of Topliss-reactive ketones (excluding diaryl/α,β-unsaturated/α-hetero) is 1. The van der Waals surface area contributed by atoms with Gasteiger partial charge in [0, 0.05) is 30.8 Å². The van der Waals surface area contributed by atoms with E-state index in [1.54, 1.807) is 0 Å². The van der Waals surface area contributed by atoms with Crippen molar-refractivity contribution in [3.05, 3.63) is 29.8 Å². The zero-order chi connectivity index (χ0) is 12.5. The molecule has 2 heteroatoms. The lowest BCUT2D eigenvalue weighted by Crippen LogP contribution is -2.34. The molecule has 0 aromatic heterocycles. The predicted octanol–water partition coefficient (Wildman–Crippen LogP) is 3.52. The summed E-state index contributed by atoms with van der Waals surface area (Å²) in [5.74, 6) is 0.285. The maximum atomic E-state index is 11.8. The maximum absolute atomic E-state index is 11.8. The second-order valence-electron chi connectivity index (χ2n) is 5.99. The lowest BCUT2D eigenvalue weighted by atomic mass is 9.91. The van der Waals surface area contributed by atoms with Gasteiger partial charge in [-0.25, -0.2) is 0 Å². The van der Waals surface area contributed by atoms with Crippen molar-refractivity contribution in [1.29, 1.82) is 0 Å². The molecule has 1 aromatic rings. The average Bonchev–Trinajstić information content (AvgIpc) is 2.27. The van der Waals surface area contributed by atoms with Crippen molar-refractivity contribution in [3.8, 4) is 0 Å². The van der Waals surface area contributed by atoms with E-state index in [1.807, 2.05) is 18.2 Å². The molecule has 0 atom stereocenters. The van der Waals surface area contributed by atoms with Gasteiger partial charge in [0.05, 0.1) is 0 Å². The molecule has 0 saturated heterocycles. The van der Waals surface area contributed by atoms with Gasteiger partial charge in [-0.1, -0.05) is 32.9 Å². The number of para-hydroxylation sites is 1. The summed E-state index contributed by atoms with van der Waals surface area (Å²) >= 11 is 0. The molecule has 92 valence electrons. The Labute approximate surface area is 104 Å². The van der Waals surface area contributed by atoms with Gasteiger partial charge >= 0.3 is 0 Å². The van der Waals surface area contributed by atoms with E-state index in [4.69, 9.17) is 0 Å². The van der Waals surface area contributed by atoms with Crippen LogP contribution >= 0.6 is 0 Å². The molecule has 1 aliphatic heterocycles. The summed E-state index contributed by atoms with van der Waals surface area (Å²) in [6, 6.07) is 7.97. The third-order valence-electron chi connectivity index (χ3n) is 3.29. The highest BCUT2D eigenvalue weighted by Crippen LogP contribution is 2.28. The Hall–Kier alpha value is -1.31. The molecule has 0 N–H and O–H groups in total. The number of hydrogen-bond acceptors (Lipinski definition) is 2. The minimum Gasteiger partial charge on any atom is -0.370 e. The number of benzene rings is 1. The summed E-state index contributed by atoms with van der Waals surface area (Å²) in [7, 11) is 0. The van der Waals surface area contributed by atoms with Crippen molar-refractivity contribution in [2.45, 2.75) is 33.6 Å². The van der Waals surface area contributed by atoms with E-state index < -0.39 is 0 Å².